The molecule has 2 aliphatic rings. The number of hydrogen-bond donors (Lipinski definition) is 5. The van der Waals surface area contributed by atoms with E-state index in [1.54, 1.807) is 17.8 Å². The van der Waals surface area contributed by atoms with Crippen LogP contribution in [0.25, 0.3) is 22.0 Å². The van der Waals surface area contributed by atoms with Gasteiger partial charge in [-0.05, 0) is 43.1 Å². The normalized spacial score (nSPS) is 18.5. The van der Waals surface area contributed by atoms with Crippen molar-refractivity contribution in [2.75, 3.05) is 77.0 Å². The molecule has 268 valence electrons. The first-order valence-corrected chi connectivity index (χ1v) is 18.3. The number of aromatic amines is 1. The average molecular weight is 699 g/mol. The number of carbonyl (C=O) groups excluding carboxylic acids is 2. The number of hydrogen-bond acceptors (Lipinski definition) is 9. The number of rotatable bonds is 23. The zero-order chi connectivity index (χ0) is 34.3. The summed E-state index contributed by atoms with van der Waals surface area (Å²) in [5, 5.41) is 13.8. The molecule has 3 atom stereocenters. The Morgan fingerprint density at radius 2 is 1.59 bits per heavy atom. The fourth-order valence-electron chi connectivity index (χ4n) is 6.07. The summed E-state index contributed by atoms with van der Waals surface area (Å²) in [5.74, 6) is 0.896. The van der Waals surface area contributed by atoms with Gasteiger partial charge in [0.2, 0.25) is 5.91 Å². The van der Waals surface area contributed by atoms with Crippen LogP contribution in [0, 0.1) is 0 Å². The first-order chi connectivity index (χ1) is 24.0. The third-order valence-corrected chi connectivity index (χ3v) is 10.2. The van der Waals surface area contributed by atoms with Crippen LogP contribution in [0.4, 0.5) is 10.5 Å². The lowest BCUT2D eigenvalue weighted by molar-refractivity contribution is -0.117. The van der Waals surface area contributed by atoms with Gasteiger partial charge in [0.1, 0.15) is 5.52 Å². The van der Waals surface area contributed by atoms with Gasteiger partial charge in [0.25, 0.3) is 5.56 Å². The standard InChI is InChI=1S/C35H50N6O7S/c1-41-23-28(27-10-13-37-32(27)34(41)43)25-6-8-26(9-7-25)38-31(42)11-15-45-17-19-47-21-22-48-20-18-46-16-14-36-12-4-2-3-5-30-33-29(24-49-30)39-35(44)40-33/h6-10,13,23,29-30,33,36-37H,2-5,11-12,14-22,24H2,1H3,(H,38,42)(H2,39,40,44)/t29-,30-,33-/m0/s1. The van der Waals surface area contributed by atoms with Gasteiger partial charge in [-0.3, -0.25) is 9.59 Å². The van der Waals surface area contributed by atoms with Crippen LogP contribution in [0.1, 0.15) is 32.1 Å². The molecule has 0 unspecified atom stereocenters. The van der Waals surface area contributed by atoms with Gasteiger partial charge >= 0.3 is 6.03 Å². The number of nitrogens with zero attached hydrogens (tertiary/aromatic N) is 1. The number of ether oxygens (including phenoxy) is 4. The lowest BCUT2D eigenvalue weighted by Crippen LogP contribution is -2.36. The SMILES string of the molecule is Cn1cc(-c2ccc(NC(=O)CCOCCOCCOCCOCCNCCCCC[C@@H]3SC[C@@H]4NC(=O)N[C@@H]43)cc2)c2cc[nH]c2c1=O. The molecular formula is C35H50N6O7S. The van der Waals surface area contributed by atoms with E-state index in [0.717, 1.165) is 48.2 Å². The predicted octanol–water partition coefficient (Wildman–Crippen LogP) is 3.24. The van der Waals surface area contributed by atoms with E-state index in [2.05, 4.69) is 26.3 Å². The highest BCUT2D eigenvalue weighted by Crippen LogP contribution is 2.33. The van der Waals surface area contributed by atoms with Crippen LogP contribution in [0.5, 0.6) is 0 Å². The van der Waals surface area contributed by atoms with Crippen molar-refractivity contribution in [1.29, 1.82) is 0 Å². The zero-order valence-corrected chi connectivity index (χ0v) is 29.1. The van der Waals surface area contributed by atoms with Crippen LogP contribution < -0.4 is 26.8 Å². The van der Waals surface area contributed by atoms with Gasteiger partial charge in [-0.15, -0.1) is 0 Å². The van der Waals surface area contributed by atoms with Gasteiger partial charge in [-0.2, -0.15) is 11.8 Å². The maximum atomic E-state index is 12.3. The fraction of sp³-hybridized carbons (Fsp3) is 0.571. The van der Waals surface area contributed by atoms with Gasteiger partial charge in [-0.1, -0.05) is 25.0 Å². The molecule has 5 N–H and O–H groups in total. The summed E-state index contributed by atoms with van der Waals surface area (Å²) < 4.78 is 23.8. The molecule has 2 saturated heterocycles. The molecule has 14 heteroatoms. The largest absolute Gasteiger partial charge is 0.379 e. The second-order valence-corrected chi connectivity index (χ2v) is 13.5. The number of fused-ring (bicyclic) bond motifs is 2. The minimum Gasteiger partial charge on any atom is -0.379 e. The predicted molar refractivity (Wildman–Crippen MR) is 192 cm³/mol. The topological polar surface area (TPSA) is 157 Å². The Morgan fingerprint density at radius 1 is 0.878 bits per heavy atom. The Balaban J connectivity index is 0.775. The monoisotopic (exact) mass is 698 g/mol. The summed E-state index contributed by atoms with van der Waals surface area (Å²) in [6, 6.07) is 10.1. The molecule has 0 bridgehead atoms. The van der Waals surface area contributed by atoms with Crippen molar-refractivity contribution < 1.29 is 28.5 Å². The molecular weight excluding hydrogens is 648 g/mol. The van der Waals surface area contributed by atoms with Crippen molar-refractivity contribution in [3.63, 3.8) is 0 Å². The van der Waals surface area contributed by atoms with Crippen LogP contribution in [-0.2, 0) is 30.8 Å². The van der Waals surface area contributed by atoms with Crippen molar-refractivity contribution in [2.45, 2.75) is 49.4 Å². The van der Waals surface area contributed by atoms with E-state index in [1.165, 1.54) is 12.8 Å². The van der Waals surface area contributed by atoms with Gasteiger partial charge in [0, 0.05) is 53.6 Å². The van der Waals surface area contributed by atoms with E-state index in [4.69, 9.17) is 18.9 Å². The van der Waals surface area contributed by atoms with E-state index in [1.807, 2.05) is 48.3 Å². The van der Waals surface area contributed by atoms with Gasteiger partial charge in [0.15, 0.2) is 0 Å². The Hall–Kier alpha value is -3.40. The molecule has 3 amide bonds. The summed E-state index contributed by atoms with van der Waals surface area (Å²) in [4.78, 5) is 39.1. The molecule has 2 aromatic heterocycles. The molecule has 3 aromatic rings. The Bertz CT molecular complexity index is 1530. The minimum absolute atomic E-state index is 0.0113. The molecule has 13 nitrogen and oxygen atoms in total. The highest BCUT2D eigenvalue weighted by Gasteiger charge is 2.42. The van der Waals surface area contributed by atoms with E-state index in [9.17, 15) is 14.4 Å². The third kappa shape index (κ3) is 11.3. The molecule has 49 heavy (non-hydrogen) atoms. The van der Waals surface area contributed by atoms with Crippen molar-refractivity contribution in [2.24, 2.45) is 7.05 Å². The lowest BCUT2D eigenvalue weighted by Gasteiger charge is -2.16. The molecule has 0 saturated carbocycles. The molecule has 4 heterocycles. The molecule has 2 fully saturated rings. The molecule has 0 spiro atoms. The maximum Gasteiger partial charge on any atom is 0.315 e. The second-order valence-electron chi connectivity index (χ2n) is 12.3. The second kappa shape index (κ2) is 19.7. The van der Waals surface area contributed by atoms with E-state index in [-0.39, 0.29) is 23.9 Å². The molecule has 5 rings (SSSR count). The number of benzene rings is 1. The Kier molecular flexibility index (Phi) is 14.8. The number of H-pyrrole nitrogens is 1. The third-order valence-electron chi connectivity index (χ3n) is 8.67. The summed E-state index contributed by atoms with van der Waals surface area (Å²) in [6.45, 7) is 5.67. The lowest BCUT2D eigenvalue weighted by atomic mass is 10.0. The number of amides is 3. The molecule has 0 radical (unpaired) electrons. The van der Waals surface area contributed by atoms with E-state index < -0.39 is 0 Å². The number of aryl methyl sites for hydroxylation is 1. The van der Waals surface area contributed by atoms with Crippen molar-refractivity contribution in [3.05, 3.63) is 53.1 Å². The molecule has 2 aliphatic heterocycles. The average Bonchev–Trinajstić information content (AvgIpc) is 3.83. The fourth-order valence-corrected chi connectivity index (χ4v) is 7.61. The van der Waals surface area contributed by atoms with Crippen LogP contribution in [0.2, 0.25) is 0 Å². The van der Waals surface area contributed by atoms with Crippen molar-refractivity contribution in [3.8, 4) is 11.1 Å². The number of aromatic nitrogens is 2. The number of carbonyl (C=O) groups is 2. The van der Waals surface area contributed by atoms with Gasteiger partial charge < -0.3 is 49.8 Å². The first-order valence-electron chi connectivity index (χ1n) is 17.3. The number of urea groups is 1. The number of unbranched alkanes of at least 4 members (excludes halogenated alkanes) is 2. The first kappa shape index (κ1) is 36.9. The summed E-state index contributed by atoms with van der Waals surface area (Å²) in [7, 11) is 1.73. The van der Waals surface area contributed by atoms with Crippen LogP contribution in [0.15, 0.2) is 47.5 Å². The zero-order valence-electron chi connectivity index (χ0n) is 28.3. The van der Waals surface area contributed by atoms with Crippen LogP contribution in [-0.4, -0.2) is 111 Å². The Morgan fingerprint density at radius 3 is 2.35 bits per heavy atom. The number of anilines is 1. The smallest absolute Gasteiger partial charge is 0.315 e. The van der Waals surface area contributed by atoms with Gasteiger partial charge in [-0.25, -0.2) is 4.79 Å². The molecule has 0 aliphatic carbocycles. The Labute approximate surface area is 291 Å². The summed E-state index contributed by atoms with van der Waals surface area (Å²) in [6.07, 6.45) is 8.53. The summed E-state index contributed by atoms with van der Waals surface area (Å²) >= 11 is 1.98. The van der Waals surface area contributed by atoms with Crippen molar-refractivity contribution >= 4 is 40.3 Å². The van der Waals surface area contributed by atoms with Crippen molar-refractivity contribution in [1.82, 2.24) is 25.5 Å². The number of pyridine rings is 1. The quantitative estimate of drug-likeness (QED) is 0.0741. The van der Waals surface area contributed by atoms with E-state index in [0.29, 0.717) is 81.4 Å². The number of nitrogens with one attached hydrogen (secondary N) is 5. The molecule has 1 aromatic carbocycles. The number of thioether (sulfide) groups is 1. The summed E-state index contributed by atoms with van der Waals surface area (Å²) in [5.41, 5.74) is 3.10. The van der Waals surface area contributed by atoms with Gasteiger partial charge in [0.05, 0.1) is 71.4 Å². The van der Waals surface area contributed by atoms with E-state index >= 15 is 0 Å². The van der Waals surface area contributed by atoms with Crippen LogP contribution in [0.3, 0.4) is 0 Å². The minimum atomic E-state index is -0.126. The van der Waals surface area contributed by atoms with Crippen LogP contribution >= 0.6 is 11.8 Å². The highest BCUT2D eigenvalue weighted by atomic mass is 32.2. The maximum absolute atomic E-state index is 12.3. The highest BCUT2D eigenvalue weighted by molar-refractivity contribution is 8.00.